The third-order valence-corrected chi connectivity index (χ3v) is 3.31. The van der Waals surface area contributed by atoms with Gasteiger partial charge in [-0.1, -0.05) is 6.42 Å². The molecule has 2 fully saturated rings. The highest BCUT2D eigenvalue weighted by atomic mass is 16.2. The third-order valence-electron chi connectivity index (χ3n) is 3.31. The van der Waals surface area contributed by atoms with Crippen molar-refractivity contribution in [3.63, 3.8) is 0 Å². The predicted molar refractivity (Wildman–Crippen MR) is 59.7 cm³/mol. The molecule has 2 heterocycles. The van der Waals surface area contributed by atoms with Gasteiger partial charge in [-0.15, -0.1) is 0 Å². The minimum absolute atomic E-state index is 0.0557. The Morgan fingerprint density at radius 2 is 2.00 bits per heavy atom. The lowest BCUT2D eigenvalue weighted by Gasteiger charge is -2.23. The summed E-state index contributed by atoms with van der Waals surface area (Å²) in [4.78, 5) is 11.8. The number of hydrogen-bond acceptors (Lipinski definition) is 3. The summed E-state index contributed by atoms with van der Waals surface area (Å²) in [6, 6.07) is 0.553. The summed E-state index contributed by atoms with van der Waals surface area (Å²) in [5.41, 5.74) is 0. The van der Waals surface area contributed by atoms with Crippen molar-refractivity contribution < 1.29 is 4.79 Å². The Bertz CT molecular complexity index is 208. The summed E-state index contributed by atoms with van der Waals surface area (Å²) in [5, 5.41) is 9.67. The SMILES string of the molecule is O=C(NCC1CCCN1)[C@@H]1CCCCN1. The molecular formula is C11H21N3O. The minimum atomic E-state index is 0.0557. The van der Waals surface area contributed by atoms with Gasteiger partial charge in [0.05, 0.1) is 6.04 Å². The van der Waals surface area contributed by atoms with Gasteiger partial charge in [0.2, 0.25) is 5.91 Å². The van der Waals surface area contributed by atoms with Gasteiger partial charge < -0.3 is 16.0 Å². The molecule has 3 N–H and O–H groups in total. The van der Waals surface area contributed by atoms with Gasteiger partial charge in [0, 0.05) is 12.6 Å². The second kappa shape index (κ2) is 5.47. The normalized spacial score (nSPS) is 31.5. The third kappa shape index (κ3) is 3.18. The first-order valence-electron chi connectivity index (χ1n) is 6.11. The van der Waals surface area contributed by atoms with E-state index in [1.165, 1.54) is 25.7 Å². The molecule has 2 rings (SSSR count). The van der Waals surface area contributed by atoms with E-state index in [9.17, 15) is 4.79 Å². The molecule has 0 saturated carbocycles. The number of piperidine rings is 1. The average Bonchev–Trinajstić information content (AvgIpc) is 2.80. The van der Waals surface area contributed by atoms with Crippen LogP contribution in [0.3, 0.4) is 0 Å². The summed E-state index contributed by atoms with van der Waals surface area (Å²) in [7, 11) is 0. The molecular weight excluding hydrogens is 190 g/mol. The van der Waals surface area contributed by atoms with Gasteiger partial charge in [-0.2, -0.15) is 0 Å². The van der Waals surface area contributed by atoms with Crippen LogP contribution in [0.1, 0.15) is 32.1 Å². The molecule has 1 unspecified atom stereocenters. The van der Waals surface area contributed by atoms with Crippen LogP contribution >= 0.6 is 0 Å². The van der Waals surface area contributed by atoms with E-state index >= 15 is 0 Å². The van der Waals surface area contributed by atoms with E-state index in [1.807, 2.05) is 0 Å². The van der Waals surface area contributed by atoms with Crippen LogP contribution in [0.25, 0.3) is 0 Å². The molecule has 4 nitrogen and oxygen atoms in total. The Balaban J connectivity index is 1.66. The van der Waals surface area contributed by atoms with Crippen molar-refractivity contribution in [2.45, 2.75) is 44.2 Å². The van der Waals surface area contributed by atoms with Crippen LogP contribution in [0.15, 0.2) is 0 Å². The Hall–Kier alpha value is -0.610. The maximum absolute atomic E-state index is 11.8. The van der Waals surface area contributed by atoms with Crippen LogP contribution in [0.4, 0.5) is 0 Å². The second-order valence-corrected chi connectivity index (χ2v) is 4.54. The van der Waals surface area contributed by atoms with Crippen molar-refractivity contribution in [3.8, 4) is 0 Å². The first kappa shape index (κ1) is 10.9. The molecule has 0 aromatic carbocycles. The van der Waals surface area contributed by atoms with Crippen molar-refractivity contribution in [1.82, 2.24) is 16.0 Å². The van der Waals surface area contributed by atoms with E-state index in [4.69, 9.17) is 0 Å². The van der Waals surface area contributed by atoms with Gasteiger partial charge >= 0.3 is 0 Å². The van der Waals surface area contributed by atoms with Crippen LogP contribution in [-0.4, -0.2) is 37.6 Å². The maximum atomic E-state index is 11.8. The molecule has 0 bridgehead atoms. The lowest BCUT2D eigenvalue weighted by molar-refractivity contribution is -0.123. The zero-order valence-electron chi connectivity index (χ0n) is 9.22. The van der Waals surface area contributed by atoms with Crippen LogP contribution < -0.4 is 16.0 Å². The largest absolute Gasteiger partial charge is 0.353 e. The Kier molecular flexibility index (Phi) is 3.97. The standard InChI is InChI=1S/C11H21N3O/c15-11(10-5-1-2-6-13-10)14-8-9-4-3-7-12-9/h9-10,12-13H,1-8H2,(H,14,15)/t9?,10-/m0/s1. The fourth-order valence-corrected chi connectivity index (χ4v) is 2.35. The quantitative estimate of drug-likeness (QED) is 0.616. The van der Waals surface area contributed by atoms with Gasteiger partial charge in [0.15, 0.2) is 0 Å². The molecule has 0 radical (unpaired) electrons. The molecule has 86 valence electrons. The number of nitrogens with one attached hydrogen (secondary N) is 3. The van der Waals surface area contributed by atoms with Crippen molar-refractivity contribution in [3.05, 3.63) is 0 Å². The van der Waals surface area contributed by atoms with E-state index in [-0.39, 0.29) is 11.9 Å². The lowest BCUT2D eigenvalue weighted by Crippen LogP contribution is -2.49. The van der Waals surface area contributed by atoms with Gasteiger partial charge in [0.25, 0.3) is 0 Å². The lowest BCUT2D eigenvalue weighted by atomic mass is 10.0. The van der Waals surface area contributed by atoms with Crippen molar-refractivity contribution in [2.75, 3.05) is 19.6 Å². The summed E-state index contributed by atoms with van der Waals surface area (Å²) >= 11 is 0. The highest BCUT2D eigenvalue weighted by molar-refractivity contribution is 5.81. The van der Waals surface area contributed by atoms with E-state index in [0.717, 1.165) is 26.1 Å². The van der Waals surface area contributed by atoms with E-state index in [2.05, 4.69) is 16.0 Å². The zero-order valence-corrected chi connectivity index (χ0v) is 9.22. The van der Waals surface area contributed by atoms with Crippen LogP contribution in [0, 0.1) is 0 Å². The Labute approximate surface area is 91.2 Å². The second-order valence-electron chi connectivity index (χ2n) is 4.54. The number of carbonyl (C=O) groups excluding carboxylic acids is 1. The molecule has 2 aliphatic rings. The van der Waals surface area contributed by atoms with Crippen LogP contribution in [0.2, 0.25) is 0 Å². The molecule has 2 saturated heterocycles. The minimum Gasteiger partial charge on any atom is -0.353 e. The summed E-state index contributed by atoms with van der Waals surface area (Å²) in [6.45, 7) is 2.87. The summed E-state index contributed by atoms with van der Waals surface area (Å²) in [6.07, 6.45) is 5.80. The highest BCUT2D eigenvalue weighted by Crippen LogP contribution is 2.07. The Morgan fingerprint density at radius 3 is 2.67 bits per heavy atom. The van der Waals surface area contributed by atoms with Gasteiger partial charge in [-0.05, 0) is 38.8 Å². The molecule has 0 aromatic rings. The average molecular weight is 211 g/mol. The van der Waals surface area contributed by atoms with Crippen molar-refractivity contribution in [2.24, 2.45) is 0 Å². The number of amides is 1. The summed E-state index contributed by atoms with van der Waals surface area (Å²) in [5.74, 6) is 0.184. The van der Waals surface area contributed by atoms with Crippen molar-refractivity contribution in [1.29, 1.82) is 0 Å². The molecule has 0 spiro atoms. The molecule has 15 heavy (non-hydrogen) atoms. The van der Waals surface area contributed by atoms with E-state index < -0.39 is 0 Å². The summed E-state index contributed by atoms with van der Waals surface area (Å²) < 4.78 is 0. The van der Waals surface area contributed by atoms with E-state index in [0.29, 0.717) is 6.04 Å². The maximum Gasteiger partial charge on any atom is 0.237 e. The van der Waals surface area contributed by atoms with Crippen molar-refractivity contribution >= 4 is 5.91 Å². The molecule has 4 heteroatoms. The van der Waals surface area contributed by atoms with E-state index in [1.54, 1.807) is 0 Å². The highest BCUT2D eigenvalue weighted by Gasteiger charge is 2.21. The smallest absolute Gasteiger partial charge is 0.237 e. The molecule has 2 aliphatic heterocycles. The zero-order chi connectivity index (χ0) is 10.5. The first-order valence-corrected chi connectivity index (χ1v) is 6.11. The van der Waals surface area contributed by atoms with Crippen LogP contribution in [-0.2, 0) is 4.79 Å². The fraction of sp³-hybridized carbons (Fsp3) is 0.909. The van der Waals surface area contributed by atoms with Crippen LogP contribution in [0.5, 0.6) is 0 Å². The number of carbonyl (C=O) groups is 1. The number of hydrogen-bond donors (Lipinski definition) is 3. The fourth-order valence-electron chi connectivity index (χ4n) is 2.35. The van der Waals surface area contributed by atoms with Gasteiger partial charge in [-0.3, -0.25) is 4.79 Å². The Morgan fingerprint density at radius 1 is 1.13 bits per heavy atom. The van der Waals surface area contributed by atoms with Gasteiger partial charge in [-0.25, -0.2) is 0 Å². The topological polar surface area (TPSA) is 53.2 Å². The predicted octanol–water partition coefficient (Wildman–Crippen LogP) is -0.00330. The monoisotopic (exact) mass is 211 g/mol. The first-order chi connectivity index (χ1) is 7.36. The molecule has 2 atom stereocenters. The molecule has 0 aromatic heterocycles. The van der Waals surface area contributed by atoms with Gasteiger partial charge in [0.1, 0.15) is 0 Å². The molecule has 1 amide bonds. The number of rotatable bonds is 3. The molecule has 0 aliphatic carbocycles.